The van der Waals surface area contributed by atoms with Crippen LogP contribution in [0.1, 0.15) is 23.3 Å². The number of aromatic nitrogens is 2. The summed E-state index contributed by atoms with van der Waals surface area (Å²) in [5.41, 5.74) is 0.109. The van der Waals surface area contributed by atoms with E-state index in [1.54, 1.807) is 0 Å². The summed E-state index contributed by atoms with van der Waals surface area (Å²) in [5.74, 6) is -0.0495. The normalized spacial score (nSPS) is 15.5. The molecular weight excluding hydrogens is 268 g/mol. The van der Waals surface area contributed by atoms with Gasteiger partial charge >= 0.3 is 5.97 Å². The van der Waals surface area contributed by atoms with E-state index in [0.29, 0.717) is 5.82 Å². The van der Waals surface area contributed by atoms with Gasteiger partial charge in [0.2, 0.25) is 0 Å². The number of anilines is 1. The second-order valence-electron chi connectivity index (χ2n) is 4.36. The fourth-order valence-corrected chi connectivity index (χ4v) is 2.23. The number of carbonyl (C=O) groups excluding carboxylic acids is 1. The summed E-state index contributed by atoms with van der Waals surface area (Å²) in [6.07, 6.45) is 3.90. The van der Waals surface area contributed by atoms with Crippen molar-refractivity contribution < 1.29 is 9.53 Å². The van der Waals surface area contributed by atoms with Crippen LogP contribution in [0.3, 0.4) is 0 Å². The summed E-state index contributed by atoms with van der Waals surface area (Å²) < 4.78 is 4.55. The standard InChI is InChI=1S/C12H17ClN4O2/c1-19-12(18)9-8-15-11(10(13)16-9)14-4-7-17-5-2-3-6-17/h8H,2-7H2,1H3,(H,14,15). The summed E-state index contributed by atoms with van der Waals surface area (Å²) in [5, 5.41) is 3.31. The molecule has 1 saturated heterocycles. The average molecular weight is 285 g/mol. The number of carbonyl (C=O) groups is 1. The van der Waals surface area contributed by atoms with Crippen molar-refractivity contribution in [3.63, 3.8) is 0 Å². The molecule has 1 N–H and O–H groups in total. The highest BCUT2D eigenvalue weighted by Gasteiger charge is 2.13. The quantitative estimate of drug-likeness (QED) is 0.825. The van der Waals surface area contributed by atoms with Crippen LogP contribution in [-0.4, -0.2) is 54.1 Å². The molecule has 1 aliphatic heterocycles. The van der Waals surface area contributed by atoms with Crippen molar-refractivity contribution in [2.24, 2.45) is 0 Å². The third-order valence-corrected chi connectivity index (χ3v) is 3.31. The lowest BCUT2D eigenvalue weighted by atomic mass is 10.4. The molecule has 2 heterocycles. The molecule has 0 aliphatic carbocycles. The first-order valence-electron chi connectivity index (χ1n) is 6.28. The van der Waals surface area contributed by atoms with E-state index in [2.05, 4.69) is 24.9 Å². The van der Waals surface area contributed by atoms with E-state index in [4.69, 9.17) is 11.6 Å². The van der Waals surface area contributed by atoms with Crippen molar-refractivity contribution in [2.75, 3.05) is 38.6 Å². The molecule has 19 heavy (non-hydrogen) atoms. The van der Waals surface area contributed by atoms with Crippen molar-refractivity contribution in [3.05, 3.63) is 17.0 Å². The lowest BCUT2D eigenvalue weighted by Crippen LogP contribution is -2.26. The summed E-state index contributed by atoms with van der Waals surface area (Å²) in [4.78, 5) is 21.7. The predicted molar refractivity (Wildman–Crippen MR) is 72.5 cm³/mol. The second-order valence-corrected chi connectivity index (χ2v) is 4.72. The van der Waals surface area contributed by atoms with Gasteiger partial charge in [0.15, 0.2) is 16.7 Å². The van der Waals surface area contributed by atoms with Crippen LogP contribution in [0, 0.1) is 0 Å². The molecule has 0 radical (unpaired) electrons. The van der Waals surface area contributed by atoms with Crippen molar-refractivity contribution in [1.29, 1.82) is 0 Å². The molecule has 0 unspecified atom stereocenters. The van der Waals surface area contributed by atoms with Crippen molar-refractivity contribution in [1.82, 2.24) is 14.9 Å². The van der Waals surface area contributed by atoms with E-state index in [1.165, 1.54) is 26.1 Å². The number of ether oxygens (including phenoxy) is 1. The minimum atomic E-state index is -0.544. The highest BCUT2D eigenvalue weighted by Crippen LogP contribution is 2.16. The van der Waals surface area contributed by atoms with Crippen LogP contribution in [0.2, 0.25) is 5.15 Å². The molecule has 1 aromatic rings. The Kier molecular flexibility index (Phi) is 4.93. The minimum Gasteiger partial charge on any atom is -0.464 e. The van der Waals surface area contributed by atoms with Gasteiger partial charge in [-0.1, -0.05) is 11.6 Å². The number of rotatable bonds is 5. The van der Waals surface area contributed by atoms with Gasteiger partial charge in [-0.15, -0.1) is 0 Å². The van der Waals surface area contributed by atoms with Gasteiger partial charge in [-0.05, 0) is 25.9 Å². The largest absolute Gasteiger partial charge is 0.464 e. The Bertz CT molecular complexity index is 449. The van der Waals surface area contributed by atoms with Gasteiger partial charge in [-0.2, -0.15) is 0 Å². The van der Waals surface area contributed by atoms with Crippen LogP contribution in [0.15, 0.2) is 6.20 Å². The Morgan fingerprint density at radius 1 is 1.53 bits per heavy atom. The van der Waals surface area contributed by atoms with E-state index in [9.17, 15) is 4.79 Å². The Morgan fingerprint density at radius 3 is 2.89 bits per heavy atom. The first-order valence-corrected chi connectivity index (χ1v) is 6.65. The predicted octanol–water partition coefficient (Wildman–Crippen LogP) is 1.42. The van der Waals surface area contributed by atoms with Gasteiger partial charge < -0.3 is 15.0 Å². The van der Waals surface area contributed by atoms with Gasteiger partial charge in [-0.3, -0.25) is 0 Å². The maximum atomic E-state index is 11.3. The van der Waals surface area contributed by atoms with Gasteiger partial charge in [-0.25, -0.2) is 14.8 Å². The van der Waals surface area contributed by atoms with Crippen molar-refractivity contribution >= 4 is 23.4 Å². The SMILES string of the molecule is COC(=O)c1cnc(NCCN2CCCC2)c(Cl)n1. The number of halogens is 1. The minimum absolute atomic E-state index is 0.109. The molecule has 0 saturated carbocycles. The Morgan fingerprint density at radius 2 is 2.26 bits per heavy atom. The van der Waals surface area contributed by atoms with Crippen molar-refractivity contribution in [3.8, 4) is 0 Å². The van der Waals surface area contributed by atoms with E-state index < -0.39 is 5.97 Å². The van der Waals surface area contributed by atoms with Gasteiger partial charge in [0.05, 0.1) is 13.3 Å². The van der Waals surface area contributed by atoms with Crippen LogP contribution in [0.25, 0.3) is 0 Å². The zero-order chi connectivity index (χ0) is 13.7. The van der Waals surface area contributed by atoms with E-state index in [0.717, 1.165) is 26.2 Å². The highest BCUT2D eigenvalue weighted by molar-refractivity contribution is 6.31. The van der Waals surface area contributed by atoms with Crippen LogP contribution < -0.4 is 5.32 Å². The molecule has 2 rings (SSSR count). The monoisotopic (exact) mass is 284 g/mol. The van der Waals surface area contributed by atoms with Crippen LogP contribution >= 0.6 is 11.6 Å². The summed E-state index contributed by atoms with van der Waals surface area (Å²) in [6.45, 7) is 4.02. The average Bonchev–Trinajstić information content (AvgIpc) is 2.93. The van der Waals surface area contributed by atoms with Gasteiger partial charge in [0.1, 0.15) is 0 Å². The Hall–Kier alpha value is -1.40. The number of hydrogen-bond acceptors (Lipinski definition) is 6. The molecule has 0 atom stereocenters. The third-order valence-electron chi connectivity index (χ3n) is 3.04. The zero-order valence-electron chi connectivity index (χ0n) is 10.9. The molecule has 7 heteroatoms. The van der Waals surface area contributed by atoms with E-state index in [-0.39, 0.29) is 10.8 Å². The lowest BCUT2D eigenvalue weighted by molar-refractivity contribution is 0.0593. The number of hydrogen-bond donors (Lipinski definition) is 1. The fourth-order valence-electron chi connectivity index (χ4n) is 2.03. The number of likely N-dealkylation sites (tertiary alicyclic amines) is 1. The fraction of sp³-hybridized carbons (Fsp3) is 0.583. The number of esters is 1. The van der Waals surface area contributed by atoms with Gasteiger partial charge in [0, 0.05) is 13.1 Å². The third kappa shape index (κ3) is 3.78. The highest BCUT2D eigenvalue weighted by atomic mass is 35.5. The smallest absolute Gasteiger partial charge is 0.358 e. The van der Waals surface area contributed by atoms with Crippen LogP contribution in [0.4, 0.5) is 5.82 Å². The molecule has 0 bridgehead atoms. The topological polar surface area (TPSA) is 67.3 Å². The summed E-state index contributed by atoms with van der Waals surface area (Å²) in [7, 11) is 1.29. The van der Waals surface area contributed by atoms with Crippen molar-refractivity contribution in [2.45, 2.75) is 12.8 Å². The first-order chi connectivity index (χ1) is 9.20. The Labute approximate surface area is 117 Å². The lowest BCUT2D eigenvalue weighted by Gasteiger charge is -2.15. The molecule has 1 aliphatic rings. The Balaban J connectivity index is 1.87. The molecule has 1 aromatic heterocycles. The maximum absolute atomic E-state index is 11.3. The first kappa shape index (κ1) is 14.0. The number of methoxy groups -OCH3 is 1. The molecule has 0 amide bonds. The maximum Gasteiger partial charge on any atom is 0.358 e. The molecular formula is C12H17ClN4O2. The second kappa shape index (κ2) is 6.68. The van der Waals surface area contributed by atoms with E-state index >= 15 is 0 Å². The summed E-state index contributed by atoms with van der Waals surface area (Å²) >= 11 is 5.97. The van der Waals surface area contributed by atoms with Crippen LogP contribution in [-0.2, 0) is 4.74 Å². The summed E-state index contributed by atoms with van der Waals surface area (Å²) in [6, 6.07) is 0. The molecule has 6 nitrogen and oxygen atoms in total. The molecule has 0 aromatic carbocycles. The van der Waals surface area contributed by atoms with E-state index in [1.807, 2.05) is 0 Å². The number of nitrogens with zero attached hydrogens (tertiary/aromatic N) is 3. The zero-order valence-corrected chi connectivity index (χ0v) is 11.6. The van der Waals surface area contributed by atoms with Crippen LogP contribution in [0.5, 0.6) is 0 Å². The molecule has 1 fully saturated rings. The number of nitrogens with one attached hydrogen (secondary N) is 1. The van der Waals surface area contributed by atoms with Gasteiger partial charge in [0.25, 0.3) is 0 Å². The molecule has 0 spiro atoms. The molecule has 104 valence electrons.